The topological polar surface area (TPSA) is 50.4 Å². The number of amides is 1. The second-order valence-electron chi connectivity index (χ2n) is 4.78. The van der Waals surface area contributed by atoms with Crippen LogP contribution in [-0.4, -0.2) is 19.1 Å². The fourth-order valence-electron chi connectivity index (χ4n) is 2.00. The van der Waals surface area contributed by atoms with Crippen molar-refractivity contribution in [2.24, 2.45) is 0 Å². The van der Waals surface area contributed by atoms with Crippen LogP contribution in [0.25, 0.3) is 0 Å². The van der Waals surface area contributed by atoms with Crippen LogP contribution in [0.3, 0.4) is 0 Å². The molecule has 0 atom stereocenters. The predicted octanol–water partition coefficient (Wildman–Crippen LogP) is 3.80. The maximum atomic E-state index is 13.1. The minimum Gasteiger partial charge on any atom is -0.492 e. The first kappa shape index (κ1) is 16.7. The zero-order chi connectivity index (χ0) is 16.7. The number of rotatable bonds is 7. The first-order valence-corrected chi connectivity index (χ1v) is 7.30. The Balaban J connectivity index is 1.84. The van der Waals surface area contributed by atoms with E-state index in [2.05, 4.69) is 10.6 Å². The maximum absolute atomic E-state index is 13.1. The van der Waals surface area contributed by atoms with Crippen LogP contribution in [0.15, 0.2) is 42.5 Å². The van der Waals surface area contributed by atoms with Crippen LogP contribution < -0.4 is 15.4 Å². The molecule has 0 heterocycles. The SMILES string of the molecule is CCOc1ccccc1NCCC(=O)Nc1ccc(F)c(F)c1. The molecule has 6 heteroatoms. The van der Waals surface area contributed by atoms with Crippen LogP contribution in [0.2, 0.25) is 0 Å². The van der Waals surface area contributed by atoms with Gasteiger partial charge in [-0.25, -0.2) is 8.78 Å². The van der Waals surface area contributed by atoms with E-state index in [9.17, 15) is 13.6 Å². The number of halogens is 2. The van der Waals surface area contributed by atoms with Gasteiger partial charge in [-0.05, 0) is 31.2 Å². The first-order valence-electron chi connectivity index (χ1n) is 7.30. The van der Waals surface area contributed by atoms with Crippen molar-refractivity contribution < 1.29 is 18.3 Å². The molecule has 2 N–H and O–H groups in total. The van der Waals surface area contributed by atoms with Crippen LogP contribution >= 0.6 is 0 Å². The molecule has 2 aromatic carbocycles. The van der Waals surface area contributed by atoms with E-state index in [0.29, 0.717) is 13.2 Å². The van der Waals surface area contributed by atoms with Gasteiger partial charge >= 0.3 is 0 Å². The lowest BCUT2D eigenvalue weighted by molar-refractivity contribution is -0.115. The van der Waals surface area contributed by atoms with Crippen molar-refractivity contribution in [2.45, 2.75) is 13.3 Å². The summed E-state index contributed by atoms with van der Waals surface area (Å²) in [4.78, 5) is 11.8. The van der Waals surface area contributed by atoms with Gasteiger partial charge in [0.05, 0.1) is 12.3 Å². The maximum Gasteiger partial charge on any atom is 0.226 e. The van der Waals surface area contributed by atoms with Gasteiger partial charge in [0.25, 0.3) is 0 Å². The molecule has 4 nitrogen and oxygen atoms in total. The summed E-state index contributed by atoms with van der Waals surface area (Å²) in [5, 5.41) is 5.63. The summed E-state index contributed by atoms with van der Waals surface area (Å²) in [5.74, 6) is -1.52. The van der Waals surface area contributed by atoms with Crippen LogP contribution in [0, 0.1) is 11.6 Å². The van der Waals surface area contributed by atoms with E-state index in [4.69, 9.17) is 4.74 Å². The number of benzene rings is 2. The number of carbonyl (C=O) groups excluding carboxylic acids is 1. The number of anilines is 2. The lowest BCUT2D eigenvalue weighted by Gasteiger charge is -2.12. The molecule has 0 aliphatic carbocycles. The minimum atomic E-state index is -0.994. The Morgan fingerprint density at radius 1 is 1.13 bits per heavy atom. The second kappa shape index (κ2) is 8.12. The molecule has 0 saturated heterocycles. The van der Waals surface area contributed by atoms with Gasteiger partial charge in [0.1, 0.15) is 5.75 Å². The highest BCUT2D eigenvalue weighted by Gasteiger charge is 2.07. The van der Waals surface area contributed by atoms with Crippen LogP contribution in [0.1, 0.15) is 13.3 Å². The van der Waals surface area contributed by atoms with Crippen LogP contribution in [0.5, 0.6) is 5.75 Å². The summed E-state index contributed by atoms with van der Waals surface area (Å²) in [7, 11) is 0. The number of ether oxygens (including phenoxy) is 1. The monoisotopic (exact) mass is 320 g/mol. The van der Waals surface area contributed by atoms with E-state index in [-0.39, 0.29) is 18.0 Å². The molecule has 0 aliphatic rings. The third-order valence-corrected chi connectivity index (χ3v) is 3.06. The van der Waals surface area contributed by atoms with Crippen molar-refractivity contribution in [3.8, 4) is 5.75 Å². The molecular weight excluding hydrogens is 302 g/mol. The van der Waals surface area contributed by atoms with Gasteiger partial charge in [-0.1, -0.05) is 12.1 Å². The minimum absolute atomic E-state index is 0.180. The van der Waals surface area contributed by atoms with Gasteiger partial charge < -0.3 is 15.4 Å². The molecule has 122 valence electrons. The summed E-state index contributed by atoms with van der Waals surface area (Å²) in [6.07, 6.45) is 0.180. The van der Waals surface area contributed by atoms with Gasteiger partial charge in [0.2, 0.25) is 5.91 Å². The Bertz CT molecular complexity index is 677. The third kappa shape index (κ3) is 4.95. The Labute approximate surface area is 133 Å². The van der Waals surface area contributed by atoms with Crippen LogP contribution in [-0.2, 0) is 4.79 Å². The summed E-state index contributed by atoms with van der Waals surface area (Å²) < 4.78 is 31.4. The molecule has 0 bridgehead atoms. The fraction of sp³-hybridized carbons (Fsp3) is 0.235. The zero-order valence-corrected chi connectivity index (χ0v) is 12.7. The number of para-hydroxylation sites is 2. The second-order valence-corrected chi connectivity index (χ2v) is 4.78. The van der Waals surface area contributed by atoms with Crippen molar-refractivity contribution in [2.75, 3.05) is 23.8 Å². The molecule has 0 aliphatic heterocycles. The van der Waals surface area contributed by atoms with Crippen molar-refractivity contribution >= 4 is 17.3 Å². The molecule has 1 amide bonds. The van der Waals surface area contributed by atoms with Gasteiger partial charge in [0, 0.05) is 24.7 Å². The summed E-state index contributed by atoms with van der Waals surface area (Å²) >= 11 is 0. The molecule has 0 fully saturated rings. The Kier molecular flexibility index (Phi) is 5.91. The average Bonchev–Trinajstić information content (AvgIpc) is 2.53. The van der Waals surface area contributed by atoms with Crippen molar-refractivity contribution in [1.29, 1.82) is 0 Å². The third-order valence-electron chi connectivity index (χ3n) is 3.06. The van der Waals surface area contributed by atoms with Gasteiger partial charge in [-0.3, -0.25) is 4.79 Å². The Morgan fingerprint density at radius 2 is 1.91 bits per heavy atom. The fourth-order valence-corrected chi connectivity index (χ4v) is 2.00. The molecule has 2 rings (SSSR count). The van der Waals surface area contributed by atoms with Gasteiger partial charge in [-0.2, -0.15) is 0 Å². The van der Waals surface area contributed by atoms with E-state index < -0.39 is 11.6 Å². The van der Waals surface area contributed by atoms with E-state index >= 15 is 0 Å². The highest BCUT2D eigenvalue weighted by atomic mass is 19.2. The van der Waals surface area contributed by atoms with Crippen LogP contribution in [0.4, 0.5) is 20.2 Å². The number of nitrogens with one attached hydrogen (secondary N) is 2. The number of carbonyl (C=O) groups is 1. The van der Waals surface area contributed by atoms with E-state index in [1.807, 2.05) is 31.2 Å². The highest BCUT2D eigenvalue weighted by molar-refractivity contribution is 5.91. The van der Waals surface area contributed by atoms with Crippen molar-refractivity contribution in [3.05, 3.63) is 54.1 Å². The summed E-state index contributed by atoms with van der Waals surface area (Å²) in [5.41, 5.74) is 1.03. The van der Waals surface area contributed by atoms with Gasteiger partial charge in [-0.15, -0.1) is 0 Å². The smallest absolute Gasteiger partial charge is 0.226 e. The highest BCUT2D eigenvalue weighted by Crippen LogP contribution is 2.23. The molecule has 0 spiro atoms. The van der Waals surface area contributed by atoms with Crippen molar-refractivity contribution in [3.63, 3.8) is 0 Å². The summed E-state index contributed by atoms with van der Waals surface area (Å²) in [6.45, 7) is 2.83. The number of hydrogen-bond donors (Lipinski definition) is 2. The molecule has 0 aromatic heterocycles. The molecule has 0 radical (unpaired) electrons. The van der Waals surface area contributed by atoms with Crippen molar-refractivity contribution in [1.82, 2.24) is 0 Å². The average molecular weight is 320 g/mol. The Hall–Kier alpha value is -2.63. The molecule has 2 aromatic rings. The molecule has 0 unspecified atom stereocenters. The Morgan fingerprint density at radius 3 is 2.65 bits per heavy atom. The predicted molar refractivity (Wildman–Crippen MR) is 85.7 cm³/mol. The van der Waals surface area contributed by atoms with E-state index in [1.165, 1.54) is 6.07 Å². The standard InChI is InChI=1S/C17H18F2N2O2/c1-2-23-16-6-4-3-5-15(16)20-10-9-17(22)21-12-7-8-13(18)14(19)11-12/h3-8,11,20H,2,9-10H2,1H3,(H,21,22). The lowest BCUT2D eigenvalue weighted by Crippen LogP contribution is -2.16. The quantitative estimate of drug-likeness (QED) is 0.816. The van der Waals surface area contributed by atoms with E-state index in [1.54, 1.807) is 0 Å². The molecule has 23 heavy (non-hydrogen) atoms. The lowest BCUT2D eigenvalue weighted by atomic mass is 10.2. The largest absolute Gasteiger partial charge is 0.492 e. The van der Waals surface area contributed by atoms with E-state index in [0.717, 1.165) is 23.6 Å². The number of hydrogen-bond acceptors (Lipinski definition) is 3. The molecule has 0 saturated carbocycles. The molecular formula is C17H18F2N2O2. The summed E-state index contributed by atoms with van der Waals surface area (Å²) in [6, 6.07) is 10.7. The normalized spacial score (nSPS) is 10.2. The van der Waals surface area contributed by atoms with Gasteiger partial charge in [0.15, 0.2) is 11.6 Å². The zero-order valence-electron chi connectivity index (χ0n) is 12.7. The first-order chi connectivity index (χ1) is 11.1.